The van der Waals surface area contributed by atoms with Crippen LogP contribution in [0.5, 0.6) is 11.6 Å². The number of anilines is 4. The summed E-state index contributed by atoms with van der Waals surface area (Å²) >= 11 is 0. The lowest BCUT2D eigenvalue weighted by Gasteiger charge is -2.17. The first kappa shape index (κ1) is 25.5. The summed E-state index contributed by atoms with van der Waals surface area (Å²) in [5.41, 5.74) is 2.37. The van der Waals surface area contributed by atoms with Crippen LogP contribution in [0.4, 0.5) is 23.0 Å². The number of carbonyl (C=O) groups is 1. The average molecular weight is 505 g/mol. The SMILES string of the molecule is CCC(=O)c1cnc(Nc2ccc(OCCOC)nn2)cc1Nc1cccc(-c2ncn(C)n2)c1OC. The molecule has 0 aliphatic carbocycles. The highest BCUT2D eigenvalue weighted by molar-refractivity contribution is 6.02. The Bertz CT molecular complexity index is 1360. The van der Waals surface area contributed by atoms with Gasteiger partial charge in [0, 0.05) is 38.9 Å². The van der Waals surface area contributed by atoms with Crippen molar-refractivity contribution < 1.29 is 19.0 Å². The van der Waals surface area contributed by atoms with Crippen molar-refractivity contribution in [2.75, 3.05) is 38.1 Å². The first-order chi connectivity index (χ1) is 18.0. The van der Waals surface area contributed by atoms with E-state index < -0.39 is 0 Å². The molecule has 0 aliphatic heterocycles. The molecule has 0 saturated heterocycles. The number of Topliss-reactive ketones (excluding diaryl/α,β-unsaturated/α-hetero) is 1. The maximum Gasteiger partial charge on any atom is 0.233 e. The van der Waals surface area contributed by atoms with Gasteiger partial charge in [0.1, 0.15) is 18.8 Å². The van der Waals surface area contributed by atoms with Crippen LogP contribution in [-0.2, 0) is 11.8 Å². The van der Waals surface area contributed by atoms with Gasteiger partial charge in [-0.25, -0.2) is 9.97 Å². The Balaban J connectivity index is 1.62. The molecule has 12 heteroatoms. The van der Waals surface area contributed by atoms with Crippen molar-refractivity contribution in [1.82, 2.24) is 29.9 Å². The van der Waals surface area contributed by atoms with Crippen LogP contribution >= 0.6 is 0 Å². The number of ketones is 1. The monoisotopic (exact) mass is 504 g/mol. The molecule has 37 heavy (non-hydrogen) atoms. The van der Waals surface area contributed by atoms with E-state index in [-0.39, 0.29) is 5.78 Å². The number of aryl methyl sites for hydroxylation is 1. The Morgan fingerprint density at radius 3 is 2.54 bits per heavy atom. The molecule has 2 N–H and O–H groups in total. The molecule has 0 fully saturated rings. The molecule has 4 aromatic rings. The van der Waals surface area contributed by atoms with E-state index in [9.17, 15) is 4.79 Å². The summed E-state index contributed by atoms with van der Waals surface area (Å²) in [6.45, 7) is 2.64. The van der Waals surface area contributed by atoms with Gasteiger partial charge in [0.05, 0.1) is 36.2 Å². The summed E-state index contributed by atoms with van der Waals surface area (Å²) in [6, 6.07) is 10.7. The fourth-order valence-electron chi connectivity index (χ4n) is 3.50. The number of benzene rings is 1. The van der Waals surface area contributed by atoms with Crippen molar-refractivity contribution in [1.29, 1.82) is 0 Å². The quantitative estimate of drug-likeness (QED) is 0.215. The maximum absolute atomic E-state index is 12.7. The first-order valence-corrected chi connectivity index (χ1v) is 11.6. The summed E-state index contributed by atoms with van der Waals surface area (Å²) < 4.78 is 17.7. The third-order valence-electron chi connectivity index (χ3n) is 5.29. The normalized spacial score (nSPS) is 10.7. The molecule has 0 unspecified atom stereocenters. The lowest BCUT2D eigenvalue weighted by molar-refractivity contribution is 0.0988. The molecule has 0 saturated carbocycles. The lowest BCUT2D eigenvalue weighted by Crippen LogP contribution is -2.08. The van der Waals surface area contributed by atoms with Crippen molar-refractivity contribution in [2.45, 2.75) is 13.3 Å². The Kier molecular flexibility index (Phi) is 8.21. The van der Waals surface area contributed by atoms with E-state index in [2.05, 4.69) is 35.9 Å². The topological polar surface area (TPSA) is 138 Å². The first-order valence-electron chi connectivity index (χ1n) is 11.6. The van der Waals surface area contributed by atoms with Crippen molar-refractivity contribution in [3.8, 4) is 23.0 Å². The largest absolute Gasteiger partial charge is 0.494 e. The summed E-state index contributed by atoms with van der Waals surface area (Å²) in [6.07, 6.45) is 3.48. The molecule has 0 radical (unpaired) electrons. The fraction of sp³-hybridized carbons (Fsp3) is 0.280. The summed E-state index contributed by atoms with van der Waals surface area (Å²) in [5.74, 6) is 2.34. The smallest absolute Gasteiger partial charge is 0.233 e. The number of para-hydroxylation sites is 1. The van der Waals surface area contributed by atoms with Gasteiger partial charge in [-0.3, -0.25) is 9.48 Å². The van der Waals surface area contributed by atoms with E-state index in [0.29, 0.717) is 71.2 Å². The molecule has 4 rings (SSSR count). The number of rotatable bonds is 12. The van der Waals surface area contributed by atoms with Gasteiger partial charge >= 0.3 is 0 Å². The second-order valence-electron chi connectivity index (χ2n) is 7.87. The number of nitrogens with one attached hydrogen (secondary N) is 2. The van der Waals surface area contributed by atoms with Gasteiger partial charge in [0.25, 0.3) is 0 Å². The molecule has 0 bridgehead atoms. The van der Waals surface area contributed by atoms with E-state index in [1.165, 1.54) is 6.20 Å². The second-order valence-corrected chi connectivity index (χ2v) is 7.87. The van der Waals surface area contributed by atoms with E-state index in [1.54, 1.807) is 57.4 Å². The van der Waals surface area contributed by atoms with Crippen LogP contribution in [0.1, 0.15) is 23.7 Å². The Hall–Kier alpha value is -4.58. The van der Waals surface area contributed by atoms with Crippen molar-refractivity contribution in [3.63, 3.8) is 0 Å². The van der Waals surface area contributed by atoms with Crippen molar-refractivity contribution in [3.05, 3.63) is 54.5 Å². The molecule has 192 valence electrons. The van der Waals surface area contributed by atoms with Crippen LogP contribution in [0.2, 0.25) is 0 Å². The van der Waals surface area contributed by atoms with Crippen LogP contribution in [0.3, 0.4) is 0 Å². The van der Waals surface area contributed by atoms with Crippen LogP contribution in [0.15, 0.2) is 48.9 Å². The number of pyridine rings is 1. The molecule has 1 aromatic carbocycles. The van der Waals surface area contributed by atoms with Crippen LogP contribution in [-0.4, -0.2) is 63.2 Å². The minimum absolute atomic E-state index is 0.0552. The predicted molar refractivity (Wildman–Crippen MR) is 138 cm³/mol. The highest BCUT2D eigenvalue weighted by Gasteiger charge is 2.18. The molecule has 0 aliphatic rings. The lowest BCUT2D eigenvalue weighted by atomic mass is 10.1. The van der Waals surface area contributed by atoms with Crippen LogP contribution < -0.4 is 20.1 Å². The number of ether oxygens (including phenoxy) is 3. The average Bonchev–Trinajstić information content (AvgIpc) is 3.35. The number of methoxy groups -OCH3 is 2. The third-order valence-corrected chi connectivity index (χ3v) is 5.29. The van der Waals surface area contributed by atoms with Gasteiger partial charge in [-0.2, -0.15) is 5.10 Å². The number of hydrogen-bond donors (Lipinski definition) is 2. The highest BCUT2D eigenvalue weighted by atomic mass is 16.5. The molecule has 0 spiro atoms. The Morgan fingerprint density at radius 2 is 1.86 bits per heavy atom. The molecular formula is C25H28N8O4. The minimum Gasteiger partial charge on any atom is -0.494 e. The zero-order valence-electron chi connectivity index (χ0n) is 21.1. The van der Waals surface area contributed by atoms with Gasteiger partial charge in [0.15, 0.2) is 23.2 Å². The Labute approximate surface area is 214 Å². The van der Waals surface area contributed by atoms with Crippen LogP contribution in [0.25, 0.3) is 11.4 Å². The van der Waals surface area contributed by atoms with Gasteiger partial charge in [-0.1, -0.05) is 13.0 Å². The molecular weight excluding hydrogens is 476 g/mol. The number of carbonyl (C=O) groups excluding carboxylic acids is 1. The zero-order chi connectivity index (χ0) is 26.2. The fourth-order valence-corrected chi connectivity index (χ4v) is 3.50. The van der Waals surface area contributed by atoms with Gasteiger partial charge in [0.2, 0.25) is 5.88 Å². The molecule has 3 heterocycles. The summed E-state index contributed by atoms with van der Waals surface area (Å²) in [4.78, 5) is 21.4. The number of nitrogens with zero attached hydrogens (tertiary/aromatic N) is 6. The van der Waals surface area contributed by atoms with Gasteiger partial charge in [-0.15, -0.1) is 10.2 Å². The van der Waals surface area contributed by atoms with E-state index >= 15 is 0 Å². The van der Waals surface area contributed by atoms with Gasteiger partial charge in [-0.05, 0) is 18.2 Å². The number of hydrogen-bond acceptors (Lipinski definition) is 11. The van der Waals surface area contributed by atoms with Crippen molar-refractivity contribution >= 4 is 28.8 Å². The molecule has 12 nitrogen and oxygen atoms in total. The molecule has 0 atom stereocenters. The summed E-state index contributed by atoms with van der Waals surface area (Å²) in [5, 5.41) is 19.0. The summed E-state index contributed by atoms with van der Waals surface area (Å²) in [7, 11) is 4.97. The van der Waals surface area contributed by atoms with E-state index in [4.69, 9.17) is 14.2 Å². The maximum atomic E-state index is 12.7. The second kappa shape index (κ2) is 11.9. The van der Waals surface area contributed by atoms with Crippen molar-refractivity contribution in [2.24, 2.45) is 7.05 Å². The highest BCUT2D eigenvalue weighted by Crippen LogP contribution is 2.37. The van der Waals surface area contributed by atoms with E-state index in [0.717, 1.165) is 0 Å². The molecule has 3 aromatic heterocycles. The number of aromatic nitrogens is 6. The predicted octanol–water partition coefficient (Wildman–Crippen LogP) is 3.78. The van der Waals surface area contributed by atoms with E-state index in [1.807, 2.05) is 18.2 Å². The molecule has 0 amide bonds. The van der Waals surface area contributed by atoms with Crippen LogP contribution in [0, 0.1) is 0 Å². The zero-order valence-corrected chi connectivity index (χ0v) is 21.1. The minimum atomic E-state index is -0.0552. The third kappa shape index (κ3) is 6.16. The Morgan fingerprint density at radius 1 is 1.00 bits per heavy atom. The van der Waals surface area contributed by atoms with Gasteiger partial charge < -0.3 is 24.8 Å². The standard InChI is InChI=1S/C25H28N8O4/c1-5-20(34)17-14-26-22(29-21-9-10-23(31-30-21)37-12-11-35-3)13-19(17)28-18-8-6-7-16(24(18)36-4)25-27-15-33(2)32-25/h6-10,13-15H,5,11-12H2,1-4H3,(H2,26,28,29,30).